The summed E-state index contributed by atoms with van der Waals surface area (Å²) in [5.74, 6) is 0. The van der Waals surface area contributed by atoms with E-state index in [1.165, 1.54) is 11.1 Å². The van der Waals surface area contributed by atoms with Crippen molar-refractivity contribution in [2.45, 2.75) is 50.7 Å². The van der Waals surface area contributed by atoms with Crippen LogP contribution in [0.25, 0.3) is 0 Å². The first-order valence-electron chi connectivity index (χ1n) is 9.62. The van der Waals surface area contributed by atoms with Crippen LogP contribution in [0, 0.1) is 0 Å². The van der Waals surface area contributed by atoms with Gasteiger partial charge in [-0.2, -0.15) is 0 Å². The van der Waals surface area contributed by atoms with Gasteiger partial charge < -0.3 is 20.5 Å². The van der Waals surface area contributed by atoms with Crippen LogP contribution in [0.15, 0.2) is 60.7 Å². The minimum atomic E-state index is -0.130. The summed E-state index contributed by atoms with van der Waals surface area (Å²) in [6.07, 6.45) is 3.81. The third-order valence-corrected chi connectivity index (χ3v) is 4.77. The Morgan fingerprint density at radius 2 is 1.69 bits per heavy atom. The van der Waals surface area contributed by atoms with Gasteiger partial charge in [-0.15, -0.1) is 0 Å². The molecule has 0 bridgehead atoms. The van der Waals surface area contributed by atoms with E-state index in [-0.39, 0.29) is 18.4 Å². The number of ether oxygens (including phenoxy) is 2. The lowest BCUT2D eigenvalue weighted by Gasteiger charge is -2.31. The van der Waals surface area contributed by atoms with Crippen LogP contribution in [-0.4, -0.2) is 31.6 Å². The van der Waals surface area contributed by atoms with Gasteiger partial charge in [0, 0.05) is 25.7 Å². The Labute approximate surface area is 156 Å². The molecule has 2 aromatic rings. The zero-order valence-corrected chi connectivity index (χ0v) is 15.3. The molecule has 1 aliphatic heterocycles. The first-order valence-corrected chi connectivity index (χ1v) is 9.62. The number of nitrogens with two attached hydrogens (primary N) is 1. The molecule has 140 valence electrons. The van der Waals surface area contributed by atoms with Gasteiger partial charge in [-0.25, -0.2) is 0 Å². The molecule has 1 saturated heterocycles. The Morgan fingerprint density at radius 3 is 2.35 bits per heavy atom. The standard InChI is InChI=1S/C22H30N2O2/c23-20(15-18-9-3-1-4-10-18)21(26-22-13-7-8-14-25-22)17-24-16-19-11-5-2-6-12-19/h1-6,9-12,20-22,24H,7-8,13-17,23H2/t20?,21-,22?/m1/s1. The van der Waals surface area contributed by atoms with Gasteiger partial charge in [0.25, 0.3) is 0 Å². The number of hydrogen-bond donors (Lipinski definition) is 2. The van der Waals surface area contributed by atoms with Gasteiger partial charge in [-0.1, -0.05) is 60.7 Å². The predicted octanol–water partition coefficient (Wildman–Crippen LogP) is 3.26. The zero-order chi connectivity index (χ0) is 18.0. The van der Waals surface area contributed by atoms with Gasteiger partial charge in [0.15, 0.2) is 6.29 Å². The van der Waals surface area contributed by atoms with Crippen molar-refractivity contribution < 1.29 is 9.47 Å². The molecule has 4 nitrogen and oxygen atoms in total. The summed E-state index contributed by atoms with van der Waals surface area (Å²) in [4.78, 5) is 0. The molecule has 3 rings (SSSR count). The van der Waals surface area contributed by atoms with Gasteiger partial charge in [-0.05, 0) is 36.8 Å². The Bertz CT molecular complexity index is 615. The molecule has 3 atom stereocenters. The van der Waals surface area contributed by atoms with Gasteiger partial charge in [0.1, 0.15) is 0 Å². The highest BCUT2D eigenvalue weighted by Crippen LogP contribution is 2.17. The number of nitrogens with one attached hydrogen (secondary N) is 1. The van der Waals surface area contributed by atoms with Gasteiger partial charge in [0.05, 0.1) is 6.10 Å². The second-order valence-electron chi connectivity index (χ2n) is 6.94. The summed E-state index contributed by atoms with van der Waals surface area (Å²) >= 11 is 0. The topological polar surface area (TPSA) is 56.5 Å². The van der Waals surface area contributed by atoms with E-state index < -0.39 is 0 Å². The maximum atomic E-state index is 6.53. The third kappa shape index (κ3) is 6.22. The molecule has 1 aliphatic rings. The molecule has 1 fully saturated rings. The summed E-state index contributed by atoms with van der Waals surface area (Å²) in [5, 5.41) is 3.50. The van der Waals surface area contributed by atoms with Crippen molar-refractivity contribution in [1.29, 1.82) is 0 Å². The molecule has 0 aromatic heterocycles. The molecular formula is C22H30N2O2. The average molecular weight is 354 g/mol. The summed E-state index contributed by atoms with van der Waals surface area (Å²) in [7, 11) is 0. The maximum Gasteiger partial charge on any atom is 0.158 e. The fourth-order valence-electron chi connectivity index (χ4n) is 3.29. The lowest BCUT2D eigenvalue weighted by molar-refractivity contribution is -0.191. The molecule has 2 aromatic carbocycles. The van der Waals surface area contributed by atoms with Crippen LogP contribution in [0.3, 0.4) is 0 Å². The Hall–Kier alpha value is -1.72. The fourth-order valence-corrected chi connectivity index (χ4v) is 3.29. The Kier molecular flexibility index (Phi) is 7.65. The van der Waals surface area contributed by atoms with Gasteiger partial charge in [-0.3, -0.25) is 0 Å². The molecule has 0 aliphatic carbocycles. The molecule has 0 amide bonds. The fraction of sp³-hybridized carbons (Fsp3) is 0.455. The van der Waals surface area contributed by atoms with Crippen molar-refractivity contribution in [3.63, 3.8) is 0 Å². The summed E-state index contributed by atoms with van der Waals surface area (Å²) < 4.78 is 12.0. The molecule has 3 N–H and O–H groups in total. The van der Waals surface area contributed by atoms with Crippen LogP contribution in [0.2, 0.25) is 0 Å². The molecule has 0 spiro atoms. The summed E-state index contributed by atoms with van der Waals surface area (Å²) in [6.45, 7) is 2.30. The van der Waals surface area contributed by atoms with Crippen LogP contribution in [0.1, 0.15) is 30.4 Å². The van der Waals surface area contributed by atoms with E-state index in [0.29, 0.717) is 6.54 Å². The molecule has 2 unspecified atom stereocenters. The largest absolute Gasteiger partial charge is 0.353 e. The van der Waals surface area contributed by atoms with Crippen LogP contribution < -0.4 is 11.1 Å². The first kappa shape index (κ1) is 19.1. The lowest BCUT2D eigenvalue weighted by Crippen LogP contribution is -2.47. The van der Waals surface area contributed by atoms with E-state index >= 15 is 0 Å². The third-order valence-electron chi connectivity index (χ3n) is 4.77. The predicted molar refractivity (Wildman–Crippen MR) is 105 cm³/mol. The molecule has 4 heteroatoms. The van der Waals surface area contributed by atoms with Crippen molar-refractivity contribution in [3.8, 4) is 0 Å². The van der Waals surface area contributed by atoms with Gasteiger partial charge in [0.2, 0.25) is 0 Å². The quantitative estimate of drug-likeness (QED) is 0.726. The monoisotopic (exact) mass is 354 g/mol. The highest BCUT2D eigenvalue weighted by atomic mass is 16.7. The van der Waals surface area contributed by atoms with Crippen molar-refractivity contribution in [3.05, 3.63) is 71.8 Å². The first-order chi connectivity index (χ1) is 12.8. The molecule has 26 heavy (non-hydrogen) atoms. The normalized spacial score (nSPS) is 19.8. The maximum absolute atomic E-state index is 6.53. The van der Waals surface area contributed by atoms with Crippen molar-refractivity contribution >= 4 is 0 Å². The lowest BCUT2D eigenvalue weighted by atomic mass is 10.0. The van der Waals surface area contributed by atoms with E-state index in [9.17, 15) is 0 Å². The summed E-state index contributed by atoms with van der Waals surface area (Å²) in [6, 6.07) is 20.7. The van der Waals surface area contributed by atoms with Crippen LogP contribution >= 0.6 is 0 Å². The second kappa shape index (κ2) is 10.4. The Balaban J connectivity index is 1.56. The van der Waals surface area contributed by atoms with Crippen LogP contribution in [-0.2, 0) is 22.4 Å². The number of rotatable bonds is 9. The van der Waals surface area contributed by atoms with Gasteiger partial charge >= 0.3 is 0 Å². The second-order valence-corrected chi connectivity index (χ2v) is 6.94. The van der Waals surface area contributed by atoms with E-state index in [2.05, 4.69) is 53.8 Å². The minimum absolute atomic E-state index is 0.0776. The van der Waals surface area contributed by atoms with E-state index in [1.807, 2.05) is 12.1 Å². The highest BCUT2D eigenvalue weighted by molar-refractivity contribution is 5.16. The minimum Gasteiger partial charge on any atom is -0.353 e. The zero-order valence-electron chi connectivity index (χ0n) is 15.3. The van der Waals surface area contributed by atoms with E-state index in [1.54, 1.807) is 0 Å². The molecular weight excluding hydrogens is 324 g/mol. The number of benzene rings is 2. The average Bonchev–Trinajstić information content (AvgIpc) is 2.69. The van der Waals surface area contributed by atoms with E-state index in [0.717, 1.165) is 38.8 Å². The number of hydrogen-bond acceptors (Lipinski definition) is 4. The van der Waals surface area contributed by atoms with Crippen molar-refractivity contribution in [1.82, 2.24) is 5.32 Å². The van der Waals surface area contributed by atoms with Crippen LogP contribution in [0.5, 0.6) is 0 Å². The van der Waals surface area contributed by atoms with Crippen LogP contribution in [0.4, 0.5) is 0 Å². The highest BCUT2D eigenvalue weighted by Gasteiger charge is 2.24. The SMILES string of the molecule is NC(Cc1ccccc1)[C@@H](CNCc1ccccc1)OC1CCCCO1. The molecule has 0 saturated carbocycles. The molecule has 1 heterocycles. The van der Waals surface area contributed by atoms with Crippen molar-refractivity contribution in [2.75, 3.05) is 13.2 Å². The molecule has 0 radical (unpaired) electrons. The smallest absolute Gasteiger partial charge is 0.158 e. The Morgan fingerprint density at radius 1 is 1.00 bits per heavy atom. The summed E-state index contributed by atoms with van der Waals surface area (Å²) in [5.41, 5.74) is 9.02. The van der Waals surface area contributed by atoms with E-state index in [4.69, 9.17) is 15.2 Å². The van der Waals surface area contributed by atoms with Crippen molar-refractivity contribution in [2.24, 2.45) is 5.73 Å².